The van der Waals surface area contributed by atoms with Crippen molar-refractivity contribution in [1.29, 1.82) is 0 Å². The van der Waals surface area contributed by atoms with Crippen LogP contribution in [0.15, 0.2) is 30.6 Å². The van der Waals surface area contributed by atoms with E-state index in [1.165, 1.54) is 4.63 Å². The topological polar surface area (TPSA) is 100 Å². The lowest BCUT2D eigenvalue weighted by molar-refractivity contribution is 0.256. The van der Waals surface area contributed by atoms with Crippen LogP contribution in [0.5, 0.6) is 0 Å². The molecule has 0 unspecified atom stereocenters. The first-order valence-electron chi connectivity index (χ1n) is 8.42. The van der Waals surface area contributed by atoms with Gasteiger partial charge in [0.25, 0.3) is 0 Å². The summed E-state index contributed by atoms with van der Waals surface area (Å²) in [5, 5.41) is 18.8. The highest BCUT2D eigenvalue weighted by Gasteiger charge is 2.18. The van der Waals surface area contributed by atoms with Crippen LogP contribution in [-0.2, 0) is 0 Å². The van der Waals surface area contributed by atoms with Gasteiger partial charge in [0.2, 0.25) is 5.95 Å². The molecule has 0 radical (unpaired) electrons. The van der Waals surface area contributed by atoms with Gasteiger partial charge in [-0.1, -0.05) is 0 Å². The van der Waals surface area contributed by atoms with Gasteiger partial charge in [0, 0.05) is 45.1 Å². The van der Waals surface area contributed by atoms with Gasteiger partial charge in [-0.25, -0.2) is 9.97 Å². The molecule has 0 spiro atoms. The zero-order valence-electron chi connectivity index (χ0n) is 13.9. The smallest absolute Gasteiger partial charge is 0.225 e. The Morgan fingerprint density at radius 2 is 1.88 bits per heavy atom. The summed E-state index contributed by atoms with van der Waals surface area (Å²) in [5.74, 6) is 1.61. The number of tetrazole rings is 1. The molecule has 10 nitrogen and oxygen atoms in total. The van der Waals surface area contributed by atoms with Crippen molar-refractivity contribution >= 4 is 17.4 Å². The molecule has 1 fully saturated rings. The minimum atomic E-state index is 0.644. The normalized spacial score (nSPS) is 15.6. The van der Waals surface area contributed by atoms with Crippen LogP contribution < -0.4 is 10.2 Å². The van der Waals surface area contributed by atoms with Crippen LogP contribution in [0.2, 0.25) is 0 Å². The van der Waals surface area contributed by atoms with E-state index in [2.05, 4.69) is 45.7 Å². The molecule has 4 rings (SSSR count). The highest BCUT2D eigenvalue weighted by Crippen LogP contribution is 2.10. The fourth-order valence-corrected chi connectivity index (χ4v) is 2.89. The fourth-order valence-electron chi connectivity index (χ4n) is 2.89. The van der Waals surface area contributed by atoms with E-state index in [4.69, 9.17) is 0 Å². The number of anilines is 2. The Morgan fingerprint density at radius 1 is 1.04 bits per heavy atom. The van der Waals surface area contributed by atoms with Crippen LogP contribution >= 0.6 is 0 Å². The highest BCUT2D eigenvalue weighted by molar-refractivity contribution is 5.41. The molecule has 1 aliphatic rings. The maximum atomic E-state index is 4.32. The average molecular weight is 340 g/mol. The third kappa shape index (κ3) is 3.79. The van der Waals surface area contributed by atoms with Crippen molar-refractivity contribution in [3.05, 3.63) is 30.6 Å². The third-order valence-electron chi connectivity index (χ3n) is 4.23. The first kappa shape index (κ1) is 15.6. The summed E-state index contributed by atoms with van der Waals surface area (Å²) in [6.07, 6.45) is 4.64. The van der Waals surface area contributed by atoms with Gasteiger partial charge in [0.05, 0.1) is 0 Å². The Morgan fingerprint density at radius 3 is 2.72 bits per heavy atom. The summed E-state index contributed by atoms with van der Waals surface area (Å²) < 4.78 is 1.42. The van der Waals surface area contributed by atoms with E-state index in [-0.39, 0.29) is 0 Å². The van der Waals surface area contributed by atoms with Gasteiger partial charge in [0.1, 0.15) is 5.82 Å². The zero-order chi connectivity index (χ0) is 16.9. The second-order valence-corrected chi connectivity index (χ2v) is 5.90. The predicted molar refractivity (Wildman–Crippen MR) is 92.4 cm³/mol. The number of hydrogen-bond acceptors (Lipinski definition) is 9. The Hall–Kier alpha value is -2.88. The zero-order valence-corrected chi connectivity index (χ0v) is 13.9. The van der Waals surface area contributed by atoms with E-state index in [0.717, 1.165) is 57.5 Å². The number of aromatic nitrogens is 7. The van der Waals surface area contributed by atoms with Crippen molar-refractivity contribution in [3.8, 4) is 0 Å². The number of rotatable bonds is 6. The van der Waals surface area contributed by atoms with E-state index in [9.17, 15) is 0 Å². The summed E-state index contributed by atoms with van der Waals surface area (Å²) in [7, 11) is 0. The molecule has 1 saturated heterocycles. The molecular formula is C15H20N10. The molecule has 0 atom stereocenters. The van der Waals surface area contributed by atoms with Crippen molar-refractivity contribution < 1.29 is 0 Å². The summed E-state index contributed by atoms with van der Waals surface area (Å²) in [4.78, 5) is 13.3. The van der Waals surface area contributed by atoms with Gasteiger partial charge in [-0.3, -0.25) is 4.90 Å². The molecule has 10 heteroatoms. The molecule has 1 aliphatic heterocycles. The van der Waals surface area contributed by atoms with Crippen LogP contribution in [0.3, 0.4) is 0 Å². The van der Waals surface area contributed by atoms with Gasteiger partial charge in [-0.05, 0) is 41.6 Å². The SMILES string of the molecule is c1cnc(N2CCN(CCCNc3ccc4nnnn4n3)CC2)nc1. The van der Waals surface area contributed by atoms with E-state index < -0.39 is 0 Å². The van der Waals surface area contributed by atoms with Gasteiger partial charge in [0.15, 0.2) is 5.65 Å². The Kier molecular flexibility index (Phi) is 4.59. The molecule has 3 aromatic heterocycles. The largest absolute Gasteiger partial charge is 0.369 e. The number of nitrogens with one attached hydrogen (secondary N) is 1. The lowest BCUT2D eigenvalue weighted by atomic mass is 10.3. The Bertz CT molecular complexity index is 796. The molecule has 25 heavy (non-hydrogen) atoms. The highest BCUT2D eigenvalue weighted by atomic mass is 15.6. The molecule has 0 bridgehead atoms. The van der Waals surface area contributed by atoms with Gasteiger partial charge >= 0.3 is 0 Å². The average Bonchev–Trinajstić information content (AvgIpc) is 3.14. The van der Waals surface area contributed by atoms with E-state index in [1.54, 1.807) is 12.4 Å². The predicted octanol–water partition coefficient (Wildman–Crippen LogP) is -0.0665. The Balaban J connectivity index is 1.18. The molecule has 0 aromatic carbocycles. The molecule has 0 amide bonds. The maximum absolute atomic E-state index is 4.32. The first-order valence-corrected chi connectivity index (χ1v) is 8.42. The number of nitrogens with zero attached hydrogens (tertiary/aromatic N) is 9. The van der Waals surface area contributed by atoms with Crippen LogP contribution in [0.4, 0.5) is 11.8 Å². The quantitative estimate of drug-likeness (QED) is 0.618. The maximum Gasteiger partial charge on any atom is 0.225 e. The van der Waals surface area contributed by atoms with E-state index in [1.807, 2.05) is 18.2 Å². The molecular weight excluding hydrogens is 320 g/mol. The summed E-state index contributed by atoms with van der Waals surface area (Å²) in [6, 6.07) is 5.59. The van der Waals surface area contributed by atoms with Crippen molar-refractivity contribution in [1.82, 2.24) is 40.1 Å². The molecule has 0 aliphatic carbocycles. The van der Waals surface area contributed by atoms with Crippen LogP contribution in [0.1, 0.15) is 6.42 Å². The number of fused-ring (bicyclic) bond motifs is 1. The summed E-state index contributed by atoms with van der Waals surface area (Å²) >= 11 is 0. The number of hydrogen-bond donors (Lipinski definition) is 1. The Labute approximate surface area is 144 Å². The van der Waals surface area contributed by atoms with Crippen molar-refractivity contribution in [2.75, 3.05) is 49.5 Å². The molecule has 0 saturated carbocycles. The third-order valence-corrected chi connectivity index (χ3v) is 4.23. The number of piperazine rings is 1. The first-order chi connectivity index (χ1) is 12.4. The molecule has 3 aromatic rings. The van der Waals surface area contributed by atoms with Gasteiger partial charge < -0.3 is 10.2 Å². The standard InChI is InChI=1S/C15H20N10/c1-5-17-15(18-6-1)24-11-9-23(10-12-24)8-2-7-16-13-3-4-14-19-21-22-25(14)20-13/h1,3-6H,2,7-12H2,(H,16,20). The van der Waals surface area contributed by atoms with E-state index >= 15 is 0 Å². The summed E-state index contributed by atoms with van der Waals surface area (Å²) in [6.45, 7) is 5.93. The van der Waals surface area contributed by atoms with E-state index in [0.29, 0.717) is 5.65 Å². The van der Waals surface area contributed by atoms with Crippen LogP contribution in [-0.4, -0.2) is 79.4 Å². The minimum absolute atomic E-state index is 0.644. The van der Waals surface area contributed by atoms with Crippen LogP contribution in [0, 0.1) is 0 Å². The molecule has 4 heterocycles. The van der Waals surface area contributed by atoms with Crippen molar-refractivity contribution in [2.45, 2.75) is 6.42 Å². The fraction of sp³-hybridized carbons (Fsp3) is 0.467. The van der Waals surface area contributed by atoms with Crippen molar-refractivity contribution in [2.24, 2.45) is 0 Å². The lowest BCUT2D eigenvalue weighted by Gasteiger charge is -2.34. The van der Waals surface area contributed by atoms with Crippen molar-refractivity contribution in [3.63, 3.8) is 0 Å². The molecule has 1 N–H and O–H groups in total. The van der Waals surface area contributed by atoms with Gasteiger partial charge in [-0.2, -0.15) is 0 Å². The molecule has 130 valence electrons. The van der Waals surface area contributed by atoms with Crippen LogP contribution in [0.25, 0.3) is 5.65 Å². The second kappa shape index (κ2) is 7.34. The second-order valence-electron chi connectivity index (χ2n) is 5.90. The van der Waals surface area contributed by atoms with Gasteiger partial charge in [-0.15, -0.1) is 14.8 Å². The summed E-state index contributed by atoms with van der Waals surface area (Å²) in [5.41, 5.74) is 0.644. The minimum Gasteiger partial charge on any atom is -0.369 e. The monoisotopic (exact) mass is 340 g/mol. The lowest BCUT2D eigenvalue weighted by Crippen LogP contribution is -2.47.